The topological polar surface area (TPSA) is 33.5 Å². The van der Waals surface area contributed by atoms with Crippen molar-refractivity contribution >= 4 is 17.7 Å². The number of aryl methyl sites for hydroxylation is 1. The highest BCUT2D eigenvalue weighted by molar-refractivity contribution is 7.98. The summed E-state index contributed by atoms with van der Waals surface area (Å²) in [6, 6.07) is 22.0. The second-order valence-corrected chi connectivity index (χ2v) is 7.02. The lowest BCUT2D eigenvalue weighted by Crippen LogP contribution is -2.25. The van der Waals surface area contributed by atoms with Crippen molar-refractivity contribution in [1.82, 2.24) is 4.90 Å². The van der Waals surface area contributed by atoms with Gasteiger partial charge in [-0.3, -0.25) is 4.79 Å². The third-order valence-corrected chi connectivity index (χ3v) is 4.97. The Morgan fingerprint density at radius 1 is 1.00 bits per heavy atom. The summed E-state index contributed by atoms with van der Waals surface area (Å²) in [6.45, 7) is 2.37. The fourth-order valence-corrected chi connectivity index (χ4v) is 3.40. The van der Waals surface area contributed by atoms with Crippen molar-refractivity contribution in [3.63, 3.8) is 0 Å². The second-order valence-electron chi connectivity index (χ2n) is 5.97. The maximum Gasteiger partial charge on any atom is 0.254 e. The summed E-state index contributed by atoms with van der Waals surface area (Å²) in [5.74, 6) is 2.54. The fourth-order valence-electron chi connectivity index (χ4n) is 2.52. The molecule has 3 rings (SSSR count). The molecule has 0 fully saturated rings. The summed E-state index contributed by atoms with van der Waals surface area (Å²) < 4.78 is 5.54. The van der Waals surface area contributed by atoms with Gasteiger partial charge in [0.05, 0.1) is 6.54 Å². The van der Waals surface area contributed by atoms with Crippen LogP contribution < -0.4 is 0 Å². The van der Waals surface area contributed by atoms with Crippen molar-refractivity contribution in [2.75, 3.05) is 7.05 Å². The Hall–Kier alpha value is -2.46. The number of thioether (sulfide) groups is 1. The third-order valence-electron chi connectivity index (χ3n) is 3.89. The number of nitrogens with zero attached hydrogens (tertiary/aromatic N) is 1. The number of benzene rings is 2. The predicted molar refractivity (Wildman–Crippen MR) is 102 cm³/mol. The van der Waals surface area contributed by atoms with Gasteiger partial charge in [-0.2, -0.15) is 0 Å². The minimum Gasteiger partial charge on any atom is -0.464 e. The number of carbonyl (C=O) groups excluding carboxylic acids is 1. The first-order chi connectivity index (χ1) is 12.1. The van der Waals surface area contributed by atoms with Crippen LogP contribution in [-0.4, -0.2) is 17.9 Å². The summed E-state index contributed by atoms with van der Waals surface area (Å²) in [6.07, 6.45) is 0. The van der Waals surface area contributed by atoms with E-state index < -0.39 is 0 Å². The first-order valence-electron chi connectivity index (χ1n) is 8.19. The lowest BCUT2D eigenvalue weighted by atomic mass is 10.1. The van der Waals surface area contributed by atoms with Gasteiger partial charge in [-0.1, -0.05) is 30.3 Å². The summed E-state index contributed by atoms with van der Waals surface area (Å²) in [7, 11) is 1.79. The van der Waals surface area contributed by atoms with E-state index >= 15 is 0 Å². The Labute approximate surface area is 152 Å². The van der Waals surface area contributed by atoms with Gasteiger partial charge < -0.3 is 9.32 Å². The molecule has 0 atom stereocenters. The van der Waals surface area contributed by atoms with Crippen molar-refractivity contribution in [2.24, 2.45) is 0 Å². The van der Waals surface area contributed by atoms with Crippen LogP contribution in [0.15, 0.2) is 76.0 Å². The Balaban J connectivity index is 1.58. The van der Waals surface area contributed by atoms with Crippen LogP contribution in [0.4, 0.5) is 0 Å². The van der Waals surface area contributed by atoms with Crippen LogP contribution in [-0.2, 0) is 12.3 Å². The Kier molecular flexibility index (Phi) is 5.61. The van der Waals surface area contributed by atoms with Crippen molar-refractivity contribution in [3.8, 4) is 0 Å². The summed E-state index contributed by atoms with van der Waals surface area (Å²) >= 11 is 1.79. The van der Waals surface area contributed by atoms with Crippen LogP contribution in [0.3, 0.4) is 0 Å². The van der Waals surface area contributed by atoms with Gasteiger partial charge in [0.25, 0.3) is 5.91 Å². The minimum atomic E-state index is -0.00341. The Morgan fingerprint density at radius 2 is 1.72 bits per heavy atom. The maximum atomic E-state index is 12.5. The molecule has 2 aromatic carbocycles. The zero-order chi connectivity index (χ0) is 17.6. The number of hydrogen-bond donors (Lipinski definition) is 0. The van der Waals surface area contributed by atoms with Crippen LogP contribution in [0, 0.1) is 6.92 Å². The van der Waals surface area contributed by atoms with Crippen molar-refractivity contribution < 1.29 is 9.21 Å². The molecule has 1 amide bonds. The molecule has 0 N–H and O–H groups in total. The van der Waals surface area contributed by atoms with Gasteiger partial charge in [0.2, 0.25) is 0 Å². The molecule has 0 saturated heterocycles. The van der Waals surface area contributed by atoms with Crippen LogP contribution in [0.5, 0.6) is 0 Å². The molecule has 128 valence electrons. The van der Waals surface area contributed by atoms with E-state index in [4.69, 9.17) is 4.42 Å². The molecule has 0 aliphatic rings. The second kappa shape index (κ2) is 8.08. The molecule has 1 aromatic heterocycles. The lowest BCUT2D eigenvalue weighted by molar-refractivity contribution is 0.0775. The highest BCUT2D eigenvalue weighted by Crippen LogP contribution is 2.22. The monoisotopic (exact) mass is 351 g/mol. The number of amides is 1. The third kappa shape index (κ3) is 4.77. The van der Waals surface area contributed by atoms with Crippen LogP contribution in [0.2, 0.25) is 0 Å². The van der Waals surface area contributed by atoms with E-state index in [1.54, 1.807) is 23.7 Å². The van der Waals surface area contributed by atoms with Gasteiger partial charge in [-0.25, -0.2) is 0 Å². The first kappa shape index (κ1) is 17.4. The van der Waals surface area contributed by atoms with Crippen molar-refractivity contribution in [3.05, 3.63) is 89.4 Å². The van der Waals surface area contributed by atoms with Crippen LogP contribution in [0.25, 0.3) is 0 Å². The van der Waals surface area contributed by atoms with Gasteiger partial charge in [-0.15, -0.1) is 11.8 Å². The molecule has 4 heteroatoms. The summed E-state index contributed by atoms with van der Waals surface area (Å²) in [5, 5.41) is 0. The van der Waals surface area contributed by atoms with Crippen LogP contribution in [0.1, 0.15) is 27.4 Å². The highest BCUT2D eigenvalue weighted by atomic mass is 32.2. The fraction of sp³-hybridized carbons (Fsp3) is 0.190. The highest BCUT2D eigenvalue weighted by Gasteiger charge is 2.13. The minimum absolute atomic E-state index is 0.00341. The van der Waals surface area contributed by atoms with E-state index in [2.05, 4.69) is 12.1 Å². The number of rotatable bonds is 6. The molecule has 0 saturated carbocycles. The number of carbonyl (C=O) groups is 1. The van der Waals surface area contributed by atoms with E-state index in [9.17, 15) is 4.79 Å². The molecule has 0 radical (unpaired) electrons. The van der Waals surface area contributed by atoms with E-state index in [1.165, 1.54) is 10.5 Å². The molecule has 3 aromatic rings. The Bertz CT molecular complexity index is 825. The average Bonchev–Trinajstić information content (AvgIpc) is 3.05. The van der Waals surface area contributed by atoms with E-state index in [-0.39, 0.29) is 5.91 Å². The zero-order valence-corrected chi connectivity index (χ0v) is 15.3. The smallest absolute Gasteiger partial charge is 0.254 e. The summed E-state index contributed by atoms with van der Waals surface area (Å²) in [4.78, 5) is 15.4. The molecule has 0 unspecified atom stereocenters. The van der Waals surface area contributed by atoms with Gasteiger partial charge >= 0.3 is 0 Å². The predicted octanol–water partition coefficient (Wildman–Crippen LogP) is 5.15. The van der Waals surface area contributed by atoms with Gasteiger partial charge in [0, 0.05) is 23.3 Å². The standard InChI is InChI=1S/C21H21NO2S/c1-16-8-13-19(24-16)14-22(2)21(23)18-11-9-17(10-12-18)15-25-20-6-4-3-5-7-20/h3-13H,14-15H2,1-2H3. The zero-order valence-electron chi connectivity index (χ0n) is 14.4. The lowest BCUT2D eigenvalue weighted by Gasteiger charge is -2.16. The molecule has 3 nitrogen and oxygen atoms in total. The SMILES string of the molecule is Cc1ccc(CN(C)C(=O)c2ccc(CSc3ccccc3)cc2)o1. The normalized spacial score (nSPS) is 10.6. The number of hydrogen-bond acceptors (Lipinski definition) is 3. The Morgan fingerprint density at radius 3 is 2.36 bits per heavy atom. The van der Waals surface area contributed by atoms with E-state index in [1.807, 2.05) is 61.5 Å². The van der Waals surface area contributed by atoms with Gasteiger partial charge in [-0.05, 0) is 48.9 Å². The van der Waals surface area contributed by atoms with Crippen molar-refractivity contribution in [2.45, 2.75) is 24.1 Å². The molecule has 0 bridgehead atoms. The molecule has 25 heavy (non-hydrogen) atoms. The van der Waals surface area contributed by atoms with Crippen molar-refractivity contribution in [1.29, 1.82) is 0 Å². The average molecular weight is 351 g/mol. The molecule has 0 aliphatic carbocycles. The van der Waals surface area contributed by atoms with E-state index in [0.29, 0.717) is 12.1 Å². The summed E-state index contributed by atoms with van der Waals surface area (Å²) in [5.41, 5.74) is 1.90. The van der Waals surface area contributed by atoms with Crippen LogP contribution >= 0.6 is 11.8 Å². The molecule has 0 aliphatic heterocycles. The maximum absolute atomic E-state index is 12.5. The molecule has 0 spiro atoms. The molecular weight excluding hydrogens is 330 g/mol. The largest absolute Gasteiger partial charge is 0.464 e. The first-order valence-corrected chi connectivity index (χ1v) is 9.18. The van der Waals surface area contributed by atoms with Gasteiger partial charge in [0.1, 0.15) is 11.5 Å². The molecular formula is C21H21NO2S. The quantitative estimate of drug-likeness (QED) is 0.576. The number of furan rings is 1. The van der Waals surface area contributed by atoms with E-state index in [0.717, 1.165) is 17.3 Å². The molecule has 1 heterocycles. The van der Waals surface area contributed by atoms with Gasteiger partial charge in [0.15, 0.2) is 0 Å².